The largest absolute Gasteiger partial charge is 0.356 e. The fourth-order valence-corrected chi connectivity index (χ4v) is 3.52. The van der Waals surface area contributed by atoms with Gasteiger partial charge in [0, 0.05) is 18.9 Å². The van der Waals surface area contributed by atoms with Crippen molar-refractivity contribution in [2.45, 2.75) is 38.5 Å². The topological polar surface area (TPSA) is 70.7 Å². The number of nitrogens with zero attached hydrogens (tertiary/aromatic N) is 2. The maximum atomic E-state index is 12.0. The number of hydrogen-bond donors (Lipinski definition) is 2. The third kappa shape index (κ3) is 2.40. The van der Waals surface area contributed by atoms with Gasteiger partial charge >= 0.3 is 0 Å². The molecule has 0 radical (unpaired) electrons. The lowest BCUT2D eigenvalue weighted by molar-refractivity contribution is -0.126. The molecule has 0 spiro atoms. The van der Waals surface area contributed by atoms with Crippen LogP contribution in [0.15, 0.2) is 6.33 Å². The lowest BCUT2D eigenvalue weighted by Gasteiger charge is -2.20. The van der Waals surface area contributed by atoms with Crippen LogP contribution in [-0.2, 0) is 11.2 Å². The van der Waals surface area contributed by atoms with Gasteiger partial charge in [-0.15, -0.1) is 0 Å². The van der Waals surface area contributed by atoms with Gasteiger partial charge in [-0.05, 0) is 37.5 Å². The lowest BCUT2D eigenvalue weighted by atomic mass is 9.88. The molecule has 2 fully saturated rings. The number of fused-ring (bicyclic) bond motifs is 2. The van der Waals surface area contributed by atoms with Gasteiger partial charge in [-0.2, -0.15) is 5.10 Å². The minimum atomic E-state index is 0.278. The Hall–Kier alpha value is -1.39. The molecule has 1 heterocycles. The third-order valence-electron chi connectivity index (χ3n) is 4.43. The number of amides is 1. The Morgan fingerprint density at radius 3 is 3.06 bits per heavy atom. The third-order valence-corrected chi connectivity index (χ3v) is 4.43. The maximum absolute atomic E-state index is 12.0. The number of aromatic amines is 1. The Balaban J connectivity index is 1.37. The summed E-state index contributed by atoms with van der Waals surface area (Å²) in [5.41, 5.74) is 0. The second kappa shape index (κ2) is 5.08. The summed E-state index contributed by atoms with van der Waals surface area (Å²) in [6.07, 6.45) is 8.30. The zero-order valence-corrected chi connectivity index (χ0v) is 10.6. The van der Waals surface area contributed by atoms with Gasteiger partial charge in [-0.3, -0.25) is 9.89 Å². The number of nitrogens with one attached hydrogen (secondary N) is 2. The van der Waals surface area contributed by atoms with Crippen LogP contribution in [0.5, 0.6) is 0 Å². The molecular weight excluding hydrogens is 228 g/mol. The van der Waals surface area contributed by atoms with Crippen molar-refractivity contribution >= 4 is 5.91 Å². The number of rotatable bonds is 5. The van der Waals surface area contributed by atoms with Crippen LogP contribution in [0.3, 0.4) is 0 Å². The van der Waals surface area contributed by atoms with Crippen LogP contribution in [0.4, 0.5) is 0 Å². The SMILES string of the molecule is O=C(NCCCc1ncn[nH]1)C1CC2CCC1C2. The molecule has 0 aliphatic heterocycles. The van der Waals surface area contributed by atoms with E-state index in [2.05, 4.69) is 20.5 Å². The average Bonchev–Trinajstić information content (AvgIpc) is 3.10. The number of H-pyrrole nitrogens is 1. The van der Waals surface area contributed by atoms with Crippen LogP contribution in [0, 0.1) is 17.8 Å². The van der Waals surface area contributed by atoms with E-state index in [0.29, 0.717) is 11.8 Å². The molecule has 18 heavy (non-hydrogen) atoms. The standard InChI is InChI=1S/C13H20N4O/c18-13(11-7-9-3-4-10(11)6-9)14-5-1-2-12-15-8-16-17-12/h8-11H,1-7H2,(H,14,18)(H,15,16,17). The van der Waals surface area contributed by atoms with Crippen LogP contribution in [0.2, 0.25) is 0 Å². The molecule has 0 aromatic carbocycles. The van der Waals surface area contributed by atoms with E-state index >= 15 is 0 Å². The van der Waals surface area contributed by atoms with Crippen molar-refractivity contribution in [1.29, 1.82) is 0 Å². The molecule has 2 aliphatic rings. The average molecular weight is 248 g/mol. The molecule has 98 valence electrons. The Bertz CT molecular complexity index is 403. The summed E-state index contributed by atoms with van der Waals surface area (Å²) >= 11 is 0. The minimum absolute atomic E-state index is 0.278. The first-order chi connectivity index (χ1) is 8.83. The first-order valence-corrected chi connectivity index (χ1v) is 6.95. The van der Waals surface area contributed by atoms with Crippen LogP contribution >= 0.6 is 0 Å². The number of carbonyl (C=O) groups is 1. The van der Waals surface area contributed by atoms with Gasteiger partial charge in [0.2, 0.25) is 5.91 Å². The van der Waals surface area contributed by atoms with E-state index < -0.39 is 0 Å². The number of aryl methyl sites for hydroxylation is 1. The quantitative estimate of drug-likeness (QED) is 0.771. The summed E-state index contributed by atoms with van der Waals surface area (Å²) in [7, 11) is 0. The van der Waals surface area contributed by atoms with E-state index in [1.807, 2.05) is 0 Å². The summed E-state index contributed by atoms with van der Waals surface area (Å²) in [4.78, 5) is 16.1. The van der Waals surface area contributed by atoms with Gasteiger partial charge in [-0.1, -0.05) is 6.42 Å². The molecule has 5 nitrogen and oxygen atoms in total. The molecular formula is C13H20N4O. The minimum Gasteiger partial charge on any atom is -0.356 e. The molecule has 1 amide bonds. The monoisotopic (exact) mass is 248 g/mol. The Kier molecular flexibility index (Phi) is 3.30. The zero-order valence-electron chi connectivity index (χ0n) is 10.6. The highest BCUT2D eigenvalue weighted by Crippen LogP contribution is 2.48. The highest BCUT2D eigenvalue weighted by Gasteiger charge is 2.42. The van der Waals surface area contributed by atoms with Crippen molar-refractivity contribution in [3.63, 3.8) is 0 Å². The summed E-state index contributed by atoms with van der Waals surface area (Å²) < 4.78 is 0. The van der Waals surface area contributed by atoms with Crippen LogP contribution < -0.4 is 5.32 Å². The number of hydrogen-bond acceptors (Lipinski definition) is 3. The molecule has 3 atom stereocenters. The predicted molar refractivity (Wildman–Crippen MR) is 66.7 cm³/mol. The van der Waals surface area contributed by atoms with Crippen LogP contribution in [0.25, 0.3) is 0 Å². The van der Waals surface area contributed by atoms with Gasteiger partial charge in [-0.25, -0.2) is 4.98 Å². The van der Waals surface area contributed by atoms with E-state index in [-0.39, 0.29) is 5.91 Å². The van der Waals surface area contributed by atoms with Crippen molar-refractivity contribution in [3.8, 4) is 0 Å². The molecule has 2 N–H and O–H groups in total. The predicted octanol–water partition coefficient (Wildman–Crippen LogP) is 1.29. The highest BCUT2D eigenvalue weighted by molar-refractivity contribution is 5.79. The van der Waals surface area contributed by atoms with Crippen molar-refractivity contribution in [2.24, 2.45) is 17.8 Å². The summed E-state index contributed by atoms with van der Waals surface area (Å²) in [5, 5.41) is 9.70. The smallest absolute Gasteiger partial charge is 0.223 e. The fraction of sp³-hybridized carbons (Fsp3) is 0.769. The van der Waals surface area contributed by atoms with Crippen LogP contribution in [-0.4, -0.2) is 27.6 Å². The highest BCUT2D eigenvalue weighted by atomic mass is 16.1. The second-order valence-corrected chi connectivity index (χ2v) is 5.61. The van der Waals surface area contributed by atoms with Crippen LogP contribution in [0.1, 0.15) is 37.9 Å². The molecule has 0 saturated heterocycles. The summed E-state index contributed by atoms with van der Waals surface area (Å²) in [5.74, 6) is 2.97. The van der Waals surface area contributed by atoms with E-state index in [0.717, 1.165) is 37.5 Å². The molecule has 2 saturated carbocycles. The van der Waals surface area contributed by atoms with Gasteiger partial charge in [0.05, 0.1) is 0 Å². The molecule has 3 rings (SSSR count). The summed E-state index contributed by atoms with van der Waals surface area (Å²) in [6, 6.07) is 0. The zero-order chi connectivity index (χ0) is 12.4. The normalized spacial score (nSPS) is 29.7. The Morgan fingerprint density at radius 2 is 2.39 bits per heavy atom. The van der Waals surface area contributed by atoms with Crippen molar-refractivity contribution in [1.82, 2.24) is 20.5 Å². The van der Waals surface area contributed by atoms with Gasteiger partial charge in [0.15, 0.2) is 0 Å². The molecule has 5 heteroatoms. The maximum Gasteiger partial charge on any atom is 0.223 e. The molecule has 3 unspecified atom stereocenters. The van der Waals surface area contributed by atoms with Gasteiger partial charge < -0.3 is 5.32 Å². The van der Waals surface area contributed by atoms with Gasteiger partial charge in [0.25, 0.3) is 0 Å². The first kappa shape index (κ1) is 11.7. The number of aromatic nitrogens is 3. The van der Waals surface area contributed by atoms with E-state index in [4.69, 9.17) is 0 Å². The molecule has 1 aromatic heterocycles. The number of carbonyl (C=O) groups excluding carboxylic acids is 1. The van der Waals surface area contributed by atoms with Crippen molar-refractivity contribution in [3.05, 3.63) is 12.2 Å². The van der Waals surface area contributed by atoms with E-state index in [9.17, 15) is 4.79 Å². The first-order valence-electron chi connectivity index (χ1n) is 6.95. The molecule has 1 aromatic rings. The molecule has 2 bridgehead atoms. The lowest BCUT2D eigenvalue weighted by Crippen LogP contribution is -2.34. The van der Waals surface area contributed by atoms with Gasteiger partial charge in [0.1, 0.15) is 12.2 Å². The van der Waals surface area contributed by atoms with E-state index in [1.165, 1.54) is 25.6 Å². The molecule has 2 aliphatic carbocycles. The second-order valence-electron chi connectivity index (χ2n) is 5.61. The van der Waals surface area contributed by atoms with Crippen molar-refractivity contribution in [2.75, 3.05) is 6.54 Å². The fourth-order valence-electron chi connectivity index (χ4n) is 3.52. The Labute approximate surface area is 107 Å². The Morgan fingerprint density at radius 1 is 1.44 bits per heavy atom. The van der Waals surface area contributed by atoms with Crippen molar-refractivity contribution < 1.29 is 4.79 Å². The van der Waals surface area contributed by atoms with E-state index in [1.54, 1.807) is 0 Å². The summed E-state index contributed by atoms with van der Waals surface area (Å²) in [6.45, 7) is 0.743.